The Bertz CT molecular complexity index is 260. The summed E-state index contributed by atoms with van der Waals surface area (Å²) in [6.07, 6.45) is 6.95. The summed E-state index contributed by atoms with van der Waals surface area (Å²) in [6.45, 7) is 0. The summed E-state index contributed by atoms with van der Waals surface area (Å²) in [5.41, 5.74) is 1.01. The highest BCUT2D eigenvalue weighted by Gasteiger charge is 1.92. The van der Waals surface area contributed by atoms with Crippen molar-refractivity contribution in [2.24, 2.45) is 0 Å². The van der Waals surface area contributed by atoms with Crippen LogP contribution >= 0.6 is 15.9 Å². The highest BCUT2D eigenvalue weighted by molar-refractivity contribution is 9.10. The summed E-state index contributed by atoms with van der Waals surface area (Å²) in [4.78, 5) is 3.96. The van der Waals surface area contributed by atoms with E-state index in [1.165, 1.54) is 0 Å². The Balaban J connectivity index is 2.86. The van der Waals surface area contributed by atoms with Crippen LogP contribution in [0, 0.1) is 0 Å². The van der Waals surface area contributed by atoms with E-state index in [2.05, 4.69) is 20.9 Å². The van der Waals surface area contributed by atoms with Gasteiger partial charge in [0.1, 0.15) is 0 Å². The predicted octanol–water partition coefficient (Wildman–Crippen LogP) is 2.46. The van der Waals surface area contributed by atoms with E-state index in [1.807, 2.05) is 12.1 Å². The lowest BCUT2D eigenvalue weighted by Crippen LogP contribution is -1.77. The molecule has 0 aliphatic heterocycles. The molecule has 0 aliphatic rings. The normalized spacial score (nSPS) is 10.4. The molecule has 0 aliphatic carbocycles. The van der Waals surface area contributed by atoms with Gasteiger partial charge in [0.2, 0.25) is 0 Å². The van der Waals surface area contributed by atoms with Gasteiger partial charge < -0.3 is 4.74 Å². The molecule has 1 aromatic rings. The number of ether oxygens (including phenoxy) is 1. The third kappa shape index (κ3) is 2.35. The first-order valence-electron chi connectivity index (χ1n) is 3.13. The largest absolute Gasteiger partial charge is 0.504 e. The quantitative estimate of drug-likeness (QED) is 0.705. The van der Waals surface area contributed by atoms with Crippen LogP contribution < -0.4 is 0 Å². The number of halogens is 1. The Labute approximate surface area is 74.0 Å². The fraction of sp³-hybridized carbons (Fsp3) is 0.125. The molecule has 3 heteroatoms. The Morgan fingerprint density at radius 3 is 3.09 bits per heavy atom. The number of hydrogen-bond donors (Lipinski definition) is 0. The van der Waals surface area contributed by atoms with Gasteiger partial charge in [0.15, 0.2) is 0 Å². The van der Waals surface area contributed by atoms with Crippen LogP contribution in [0.15, 0.2) is 29.2 Å². The van der Waals surface area contributed by atoms with Gasteiger partial charge in [-0.05, 0) is 12.1 Å². The van der Waals surface area contributed by atoms with Crippen molar-refractivity contribution in [3.8, 4) is 0 Å². The second kappa shape index (κ2) is 4.13. The molecule has 1 rings (SSSR count). The maximum absolute atomic E-state index is 4.77. The Hall–Kier alpha value is -0.830. The average Bonchev–Trinajstić information content (AvgIpc) is 2.03. The van der Waals surface area contributed by atoms with Crippen LogP contribution in [0.4, 0.5) is 0 Å². The zero-order chi connectivity index (χ0) is 8.10. The third-order valence-corrected chi connectivity index (χ3v) is 1.90. The first-order chi connectivity index (χ1) is 5.34. The maximum atomic E-state index is 4.77. The summed E-state index contributed by atoms with van der Waals surface area (Å²) >= 11 is 3.38. The first-order valence-corrected chi connectivity index (χ1v) is 3.93. The Kier molecular flexibility index (Phi) is 3.11. The zero-order valence-corrected chi connectivity index (χ0v) is 7.71. The Morgan fingerprint density at radius 1 is 1.64 bits per heavy atom. The number of rotatable bonds is 2. The minimum Gasteiger partial charge on any atom is -0.504 e. The van der Waals surface area contributed by atoms with E-state index in [1.54, 1.807) is 25.8 Å². The highest BCUT2D eigenvalue weighted by atomic mass is 79.9. The molecule has 1 aromatic heterocycles. The van der Waals surface area contributed by atoms with Crippen LogP contribution in [0.25, 0.3) is 6.08 Å². The average molecular weight is 214 g/mol. The molecule has 0 radical (unpaired) electrons. The van der Waals surface area contributed by atoms with Gasteiger partial charge in [-0.3, -0.25) is 4.98 Å². The minimum atomic E-state index is 1.01. The second-order valence-electron chi connectivity index (χ2n) is 1.94. The molecule has 0 fully saturated rings. The van der Waals surface area contributed by atoms with Crippen molar-refractivity contribution in [2.45, 2.75) is 0 Å². The number of nitrogens with zero attached hydrogens (tertiary/aromatic N) is 1. The Morgan fingerprint density at radius 2 is 2.45 bits per heavy atom. The molecule has 2 nitrogen and oxygen atoms in total. The summed E-state index contributed by atoms with van der Waals surface area (Å²) in [5, 5.41) is 0. The smallest absolute Gasteiger partial charge is 0.0831 e. The monoisotopic (exact) mass is 213 g/mol. The standard InChI is InChI=1S/C8H8BrNO/c1-11-5-3-7-6-10-4-2-8(7)9/h2-6H,1H3/b5-3+. The molecule has 0 saturated carbocycles. The molecular weight excluding hydrogens is 206 g/mol. The van der Waals surface area contributed by atoms with Crippen LogP contribution in [0.3, 0.4) is 0 Å². The van der Waals surface area contributed by atoms with Crippen molar-refractivity contribution in [3.63, 3.8) is 0 Å². The molecule has 58 valence electrons. The minimum absolute atomic E-state index is 1.01. The summed E-state index contributed by atoms with van der Waals surface area (Å²) < 4.78 is 5.79. The van der Waals surface area contributed by atoms with Crippen LogP contribution in [-0.2, 0) is 4.74 Å². The van der Waals surface area contributed by atoms with Gasteiger partial charge in [0, 0.05) is 22.4 Å². The molecule has 0 bridgehead atoms. The molecule has 0 aromatic carbocycles. The fourth-order valence-corrected chi connectivity index (χ4v) is 1.01. The van der Waals surface area contributed by atoms with E-state index < -0.39 is 0 Å². The van der Waals surface area contributed by atoms with E-state index in [0.29, 0.717) is 0 Å². The van der Waals surface area contributed by atoms with Crippen molar-refractivity contribution in [3.05, 3.63) is 34.8 Å². The van der Waals surface area contributed by atoms with Crippen molar-refractivity contribution in [1.29, 1.82) is 0 Å². The van der Waals surface area contributed by atoms with Crippen LogP contribution in [0.1, 0.15) is 5.56 Å². The van der Waals surface area contributed by atoms with Gasteiger partial charge in [-0.25, -0.2) is 0 Å². The molecule has 0 unspecified atom stereocenters. The summed E-state index contributed by atoms with van der Waals surface area (Å²) in [5.74, 6) is 0. The number of aromatic nitrogens is 1. The molecular formula is C8H8BrNO. The van der Waals surface area contributed by atoms with E-state index in [4.69, 9.17) is 4.74 Å². The van der Waals surface area contributed by atoms with Gasteiger partial charge in [0.25, 0.3) is 0 Å². The maximum Gasteiger partial charge on any atom is 0.0831 e. The lowest BCUT2D eigenvalue weighted by atomic mass is 10.3. The van der Waals surface area contributed by atoms with E-state index in [-0.39, 0.29) is 0 Å². The van der Waals surface area contributed by atoms with Crippen LogP contribution in [-0.4, -0.2) is 12.1 Å². The molecule has 0 atom stereocenters. The topological polar surface area (TPSA) is 22.1 Å². The SMILES string of the molecule is CO/C=C/c1cnccc1Br. The highest BCUT2D eigenvalue weighted by Crippen LogP contribution is 2.15. The molecule has 0 amide bonds. The van der Waals surface area contributed by atoms with E-state index in [9.17, 15) is 0 Å². The third-order valence-electron chi connectivity index (χ3n) is 1.18. The molecule has 0 N–H and O–H groups in total. The number of methoxy groups -OCH3 is 1. The van der Waals surface area contributed by atoms with Crippen LogP contribution in [0.5, 0.6) is 0 Å². The van der Waals surface area contributed by atoms with Crippen molar-refractivity contribution >= 4 is 22.0 Å². The zero-order valence-electron chi connectivity index (χ0n) is 6.12. The van der Waals surface area contributed by atoms with E-state index >= 15 is 0 Å². The van der Waals surface area contributed by atoms with Crippen LogP contribution in [0.2, 0.25) is 0 Å². The van der Waals surface area contributed by atoms with Gasteiger partial charge in [-0.1, -0.05) is 15.9 Å². The lowest BCUT2D eigenvalue weighted by Gasteiger charge is -1.94. The summed E-state index contributed by atoms with van der Waals surface area (Å²) in [6, 6.07) is 1.88. The van der Waals surface area contributed by atoms with Gasteiger partial charge in [0.05, 0.1) is 13.4 Å². The van der Waals surface area contributed by atoms with E-state index in [0.717, 1.165) is 10.0 Å². The number of pyridine rings is 1. The van der Waals surface area contributed by atoms with Crippen molar-refractivity contribution < 1.29 is 4.74 Å². The number of hydrogen-bond acceptors (Lipinski definition) is 2. The second-order valence-corrected chi connectivity index (χ2v) is 2.79. The molecule has 0 saturated heterocycles. The van der Waals surface area contributed by atoms with Crippen molar-refractivity contribution in [2.75, 3.05) is 7.11 Å². The molecule has 0 spiro atoms. The molecule has 1 heterocycles. The van der Waals surface area contributed by atoms with Gasteiger partial charge >= 0.3 is 0 Å². The fourth-order valence-electron chi connectivity index (χ4n) is 0.654. The van der Waals surface area contributed by atoms with Crippen molar-refractivity contribution in [1.82, 2.24) is 4.98 Å². The summed E-state index contributed by atoms with van der Waals surface area (Å²) in [7, 11) is 1.61. The molecule has 11 heavy (non-hydrogen) atoms. The van der Waals surface area contributed by atoms with Gasteiger partial charge in [-0.2, -0.15) is 0 Å². The lowest BCUT2D eigenvalue weighted by molar-refractivity contribution is 0.341. The predicted molar refractivity (Wildman–Crippen MR) is 48.0 cm³/mol. The first kappa shape index (κ1) is 8.27. The van der Waals surface area contributed by atoms with Gasteiger partial charge in [-0.15, -0.1) is 0 Å².